The Hall–Kier alpha value is -2.50. The second kappa shape index (κ2) is 8.05. The number of imidazole rings is 1. The molecule has 2 N–H and O–H groups in total. The second-order valence-corrected chi connectivity index (χ2v) is 5.54. The second-order valence-electron chi connectivity index (χ2n) is 4.78. The van der Waals surface area contributed by atoms with Crippen molar-refractivity contribution in [2.24, 2.45) is 0 Å². The average molecular weight is 370 g/mol. The van der Waals surface area contributed by atoms with Crippen LogP contribution >= 0.6 is 0 Å². The highest BCUT2D eigenvalue weighted by atomic mass is 35.7. The van der Waals surface area contributed by atoms with Gasteiger partial charge in [0.1, 0.15) is 6.61 Å². The molecule has 0 aliphatic heterocycles. The number of rotatable bonds is 4. The Morgan fingerprint density at radius 1 is 1.16 bits per heavy atom. The molecule has 10 nitrogen and oxygen atoms in total. The summed E-state index contributed by atoms with van der Waals surface area (Å²) in [6, 6.07) is 10.2. The van der Waals surface area contributed by atoms with Crippen LogP contribution in [0.5, 0.6) is 0 Å². The number of nitrogens with zero attached hydrogens (tertiary/aromatic N) is 4. The molecule has 0 saturated carbocycles. The van der Waals surface area contributed by atoms with E-state index in [2.05, 4.69) is 22.1 Å². The van der Waals surface area contributed by atoms with Gasteiger partial charge in [0.25, 0.3) is 12.1 Å². The minimum absolute atomic E-state index is 0.462. The Morgan fingerprint density at radius 3 is 2.40 bits per heavy atom. The molecule has 25 heavy (non-hydrogen) atoms. The van der Waals surface area contributed by atoms with Crippen LogP contribution in [0.1, 0.15) is 12.5 Å². The summed E-state index contributed by atoms with van der Waals surface area (Å²) >= 11 is 0. The SMILES string of the molecule is CCO[n+]1cnc2c(ncn2Cc2ccccc2)c1N.[O-][Cl+3]([O-])([O-])[O-]. The molecule has 0 aliphatic rings. The summed E-state index contributed by atoms with van der Waals surface area (Å²) in [4.78, 5) is 14.1. The van der Waals surface area contributed by atoms with Crippen LogP contribution in [0.4, 0.5) is 5.82 Å². The van der Waals surface area contributed by atoms with E-state index in [0.29, 0.717) is 24.5 Å². The van der Waals surface area contributed by atoms with Crippen molar-refractivity contribution in [3.8, 4) is 0 Å². The van der Waals surface area contributed by atoms with Crippen LogP contribution in [0.2, 0.25) is 0 Å². The highest BCUT2D eigenvalue weighted by molar-refractivity contribution is 5.79. The maximum Gasteiger partial charge on any atom is 0.289 e. The van der Waals surface area contributed by atoms with Gasteiger partial charge < -0.3 is 10.6 Å². The van der Waals surface area contributed by atoms with Crippen molar-refractivity contribution in [3.05, 3.63) is 48.5 Å². The highest BCUT2D eigenvalue weighted by Gasteiger charge is 2.17. The van der Waals surface area contributed by atoms with E-state index in [1.54, 1.807) is 12.7 Å². The number of hydrogen-bond acceptors (Lipinski definition) is 8. The normalized spacial score (nSPS) is 11.1. The molecule has 0 fully saturated rings. The molecule has 0 radical (unpaired) electrons. The standard InChI is InChI=1S/C14H15N5O.ClHO4/c1-2-20-19-10-17-14-12(13(19)15)16-9-18(14)8-11-6-4-3-5-7-11;2-1(3,4)5/h3-7,9-10,15H,2,8H2,1H3;(H,2,3,4,5). The highest BCUT2D eigenvalue weighted by Crippen LogP contribution is 2.14. The van der Waals surface area contributed by atoms with E-state index < -0.39 is 10.2 Å². The van der Waals surface area contributed by atoms with Gasteiger partial charge in [0, 0.05) is 0 Å². The van der Waals surface area contributed by atoms with Gasteiger partial charge in [-0.05, 0) is 12.5 Å². The van der Waals surface area contributed by atoms with Crippen LogP contribution in [0, 0.1) is 10.2 Å². The molecule has 3 rings (SSSR count). The smallest absolute Gasteiger partial charge is 0.289 e. The molecule has 2 heterocycles. The van der Waals surface area contributed by atoms with Crippen molar-refractivity contribution in [3.63, 3.8) is 0 Å². The van der Waals surface area contributed by atoms with E-state index in [4.69, 9.17) is 29.2 Å². The molecule has 0 bridgehead atoms. The molecule has 2 aromatic heterocycles. The predicted molar refractivity (Wildman–Crippen MR) is 74.8 cm³/mol. The zero-order chi connectivity index (χ0) is 18.4. The van der Waals surface area contributed by atoms with Gasteiger partial charge in [-0.3, -0.25) is 4.57 Å². The lowest BCUT2D eigenvalue weighted by Crippen LogP contribution is -2.68. The zero-order valence-corrected chi connectivity index (χ0v) is 14.0. The lowest BCUT2D eigenvalue weighted by molar-refractivity contribution is -2.00. The van der Waals surface area contributed by atoms with E-state index in [0.717, 1.165) is 5.65 Å². The largest absolute Gasteiger partial charge is 0.357 e. The van der Waals surface area contributed by atoms with Crippen molar-refractivity contribution >= 4 is 17.0 Å². The molecule has 0 unspecified atom stereocenters. The quantitative estimate of drug-likeness (QED) is 0.455. The minimum Gasteiger partial charge on any atom is -0.357 e. The Morgan fingerprint density at radius 2 is 1.80 bits per heavy atom. The minimum atomic E-state index is -4.94. The molecule has 134 valence electrons. The number of nitrogens with two attached hydrogens (primary N) is 1. The van der Waals surface area contributed by atoms with Crippen LogP contribution < -0.4 is 33.9 Å². The van der Waals surface area contributed by atoms with Gasteiger partial charge in [0.2, 0.25) is 11.2 Å². The fourth-order valence-electron chi connectivity index (χ4n) is 2.10. The fraction of sp³-hybridized carbons (Fsp3) is 0.214. The lowest BCUT2D eigenvalue weighted by Gasteiger charge is -2.17. The first-order valence-corrected chi connectivity index (χ1v) is 8.33. The summed E-state index contributed by atoms with van der Waals surface area (Å²) in [5.74, 6) is 0.462. The Balaban J connectivity index is 0.000000399. The maximum atomic E-state index is 8.49. The third kappa shape index (κ3) is 5.52. The fourth-order valence-corrected chi connectivity index (χ4v) is 2.10. The third-order valence-corrected chi connectivity index (χ3v) is 3.04. The number of benzene rings is 1. The number of nitrogen functional groups attached to an aromatic ring is 1. The number of halogens is 1. The van der Waals surface area contributed by atoms with E-state index in [1.165, 1.54) is 10.3 Å². The maximum absolute atomic E-state index is 8.49. The average Bonchev–Trinajstić information content (AvgIpc) is 2.93. The monoisotopic (exact) mass is 369 g/mol. The zero-order valence-electron chi connectivity index (χ0n) is 13.2. The van der Waals surface area contributed by atoms with Crippen molar-refractivity contribution in [2.45, 2.75) is 13.5 Å². The van der Waals surface area contributed by atoms with Gasteiger partial charge in [0.05, 0.1) is 12.9 Å². The molecule has 0 aliphatic carbocycles. The summed E-state index contributed by atoms with van der Waals surface area (Å²) in [5, 5.41) is 0. The van der Waals surface area contributed by atoms with Crippen LogP contribution in [0.3, 0.4) is 0 Å². The van der Waals surface area contributed by atoms with Gasteiger partial charge in [0.15, 0.2) is 0 Å². The van der Waals surface area contributed by atoms with E-state index in [-0.39, 0.29) is 0 Å². The van der Waals surface area contributed by atoms with E-state index in [1.807, 2.05) is 29.7 Å². The van der Waals surface area contributed by atoms with Crippen LogP contribution in [-0.2, 0) is 6.54 Å². The molecule has 3 aromatic rings. The molecule has 11 heteroatoms. The summed E-state index contributed by atoms with van der Waals surface area (Å²) in [6.07, 6.45) is 3.32. The van der Waals surface area contributed by atoms with Crippen molar-refractivity contribution in [2.75, 3.05) is 12.3 Å². The first kappa shape index (κ1) is 18.8. The molecular formula is C14H16ClN5O5. The topological polar surface area (TPSA) is 162 Å². The molecule has 0 spiro atoms. The Labute approximate surface area is 145 Å². The summed E-state index contributed by atoms with van der Waals surface area (Å²) in [7, 11) is -4.94. The lowest BCUT2D eigenvalue weighted by atomic mass is 10.2. The first-order valence-electron chi connectivity index (χ1n) is 7.09. The third-order valence-electron chi connectivity index (χ3n) is 3.04. The Kier molecular flexibility index (Phi) is 6.07. The number of aromatic nitrogens is 4. The van der Waals surface area contributed by atoms with Crippen LogP contribution in [-0.4, -0.2) is 21.1 Å². The summed E-state index contributed by atoms with van der Waals surface area (Å²) in [6.45, 7) is 3.12. The van der Waals surface area contributed by atoms with Gasteiger partial charge in [-0.15, -0.1) is 10.2 Å². The Bertz CT molecular complexity index is 816. The molecule has 0 amide bonds. The predicted octanol–water partition coefficient (Wildman–Crippen LogP) is -3.96. The number of anilines is 1. The summed E-state index contributed by atoms with van der Waals surface area (Å²) < 4.78 is 37.4. The van der Waals surface area contributed by atoms with Crippen LogP contribution in [0.25, 0.3) is 11.2 Å². The van der Waals surface area contributed by atoms with Crippen LogP contribution in [0.15, 0.2) is 43.0 Å². The summed E-state index contributed by atoms with van der Waals surface area (Å²) in [5.41, 5.74) is 8.62. The van der Waals surface area contributed by atoms with E-state index in [9.17, 15) is 0 Å². The molecular weight excluding hydrogens is 354 g/mol. The van der Waals surface area contributed by atoms with Gasteiger partial charge in [-0.2, -0.15) is 0 Å². The first-order chi connectivity index (χ1) is 11.8. The molecule has 0 saturated heterocycles. The van der Waals surface area contributed by atoms with Gasteiger partial charge >= 0.3 is 0 Å². The van der Waals surface area contributed by atoms with Gasteiger partial charge in [-0.1, -0.05) is 40.0 Å². The molecule has 0 atom stereocenters. The number of fused-ring (bicyclic) bond motifs is 1. The number of hydrogen-bond donors (Lipinski definition) is 1. The van der Waals surface area contributed by atoms with Crippen molar-refractivity contribution in [1.82, 2.24) is 14.5 Å². The molecule has 1 aromatic carbocycles. The van der Waals surface area contributed by atoms with Gasteiger partial charge in [-0.25, -0.2) is 23.6 Å². The van der Waals surface area contributed by atoms with Crippen molar-refractivity contribution in [1.29, 1.82) is 0 Å². The van der Waals surface area contributed by atoms with Crippen molar-refractivity contribution < 1.29 is 38.4 Å². The van der Waals surface area contributed by atoms with E-state index >= 15 is 0 Å².